The molecule has 5 nitrogen and oxygen atoms in total. The lowest BCUT2D eigenvalue weighted by atomic mass is 10.1. The first kappa shape index (κ1) is 21.2. The minimum atomic E-state index is -0.0181. The topological polar surface area (TPSA) is 42.0 Å². The van der Waals surface area contributed by atoms with E-state index in [1.807, 2.05) is 44.1 Å². The van der Waals surface area contributed by atoms with Crippen molar-refractivity contribution >= 4 is 11.6 Å². The molecule has 1 heterocycles. The highest BCUT2D eigenvalue weighted by Crippen LogP contribution is 2.19. The fourth-order valence-corrected chi connectivity index (χ4v) is 3.45. The van der Waals surface area contributed by atoms with Crippen LogP contribution in [0.15, 0.2) is 42.5 Å². The monoisotopic (exact) mass is 396 g/mol. The van der Waals surface area contributed by atoms with Crippen LogP contribution in [0.25, 0.3) is 0 Å². The van der Waals surface area contributed by atoms with Gasteiger partial charge in [-0.15, -0.1) is 0 Å². The summed E-state index contributed by atoms with van der Waals surface area (Å²) in [5, 5.41) is 0. The van der Waals surface area contributed by atoms with E-state index in [-0.39, 0.29) is 18.6 Å². The Kier molecular flexibility index (Phi) is 7.15. The summed E-state index contributed by atoms with van der Waals surface area (Å²) in [5.41, 5.74) is 4.62. The Morgan fingerprint density at radius 2 is 1.86 bits per heavy atom. The van der Waals surface area contributed by atoms with E-state index in [4.69, 9.17) is 9.47 Å². The molecule has 0 radical (unpaired) electrons. The van der Waals surface area contributed by atoms with Crippen LogP contribution in [0.4, 0.5) is 5.69 Å². The van der Waals surface area contributed by atoms with Crippen molar-refractivity contribution in [3.05, 3.63) is 59.2 Å². The van der Waals surface area contributed by atoms with Gasteiger partial charge in [0, 0.05) is 39.5 Å². The molecule has 156 valence electrons. The number of ether oxygens (including phenoxy) is 2. The lowest BCUT2D eigenvalue weighted by molar-refractivity contribution is -0.135. The number of carbonyl (C=O) groups excluding carboxylic acids is 1. The quantitative estimate of drug-likeness (QED) is 0.677. The maximum absolute atomic E-state index is 13.0. The third kappa shape index (κ3) is 5.97. The minimum Gasteiger partial charge on any atom is -0.484 e. The zero-order valence-corrected chi connectivity index (χ0v) is 18.0. The molecule has 0 spiro atoms. The van der Waals surface area contributed by atoms with Crippen LogP contribution >= 0.6 is 0 Å². The van der Waals surface area contributed by atoms with Crippen molar-refractivity contribution in [3.8, 4) is 5.75 Å². The molecule has 5 heteroatoms. The van der Waals surface area contributed by atoms with Crippen LogP contribution in [0, 0.1) is 13.8 Å². The van der Waals surface area contributed by atoms with Gasteiger partial charge in [-0.1, -0.05) is 18.2 Å². The predicted octanol–water partition coefficient (Wildman–Crippen LogP) is 3.96. The second-order valence-electron chi connectivity index (χ2n) is 8.00. The number of rotatable bonds is 8. The van der Waals surface area contributed by atoms with Crippen molar-refractivity contribution in [2.75, 3.05) is 38.8 Å². The molecule has 1 amide bonds. The second-order valence-corrected chi connectivity index (χ2v) is 8.00. The summed E-state index contributed by atoms with van der Waals surface area (Å²) in [4.78, 5) is 16.9. The van der Waals surface area contributed by atoms with E-state index in [1.165, 1.54) is 5.56 Å². The predicted molar refractivity (Wildman–Crippen MR) is 117 cm³/mol. The number of carbonyl (C=O) groups is 1. The molecule has 1 fully saturated rings. The maximum Gasteiger partial charge on any atom is 0.260 e. The first-order chi connectivity index (χ1) is 13.9. The molecule has 1 aliphatic heterocycles. The van der Waals surface area contributed by atoms with Gasteiger partial charge in [0.1, 0.15) is 5.75 Å². The standard InChI is InChI=1S/C24H32N2O3/c1-18-7-12-22(14-19(18)2)29-17-24(27)26(16-23-6-5-13-28-23)15-20-8-10-21(11-9-20)25(3)4/h7-12,14,23H,5-6,13,15-17H2,1-4H3/t23-/m1/s1. The van der Waals surface area contributed by atoms with Gasteiger partial charge in [0.05, 0.1) is 6.10 Å². The van der Waals surface area contributed by atoms with Crippen LogP contribution in [0.2, 0.25) is 0 Å². The Balaban J connectivity index is 1.66. The molecule has 0 saturated carbocycles. The van der Waals surface area contributed by atoms with E-state index in [1.54, 1.807) is 0 Å². The molecule has 0 aromatic heterocycles. The fraction of sp³-hybridized carbons (Fsp3) is 0.458. The molecule has 3 rings (SSSR count). The van der Waals surface area contributed by atoms with Crippen LogP contribution in [-0.2, 0) is 16.1 Å². The molecule has 2 aromatic rings. The van der Waals surface area contributed by atoms with Crippen molar-refractivity contribution in [1.29, 1.82) is 0 Å². The average Bonchev–Trinajstić information content (AvgIpc) is 3.21. The number of anilines is 1. The third-order valence-electron chi connectivity index (χ3n) is 5.47. The van der Waals surface area contributed by atoms with E-state index in [0.29, 0.717) is 13.1 Å². The van der Waals surface area contributed by atoms with Gasteiger partial charge in [0.15, 0.2) is 6.61 Å². The van der Waals surface area contributed by atoms with Gasteiger partial charge in [-0.3, -0.25) is 4.79 Å². The zero-order chi connectivity index (χ0) is 20.8. The van der Waals surface area contributed by atoms with Crippen LogP contribution in [-0.4, -0.2) is 50.8 Å². The number of amides is 1. The van der Waals surface area contributed by atoms with Gasteiger partial charge in [0.2, 0.25) is 0 Å². The number of aryl methyl sites for hydroxylation is 2. The molecule has 2 aromatic carbocycles. The van der Waals surface area contributed by atoms with Gasteiger partial charge >= 0.3 is 0 Å². The summed E-state index contributed by atoms with van der Waals surface area (Å²) >= 11 is 0. The van der Waals surface area contributed by atoms with E-state index < -0.39 is 0 Å². The SMILES string of the molecule is Cc1ccc(OCC(=O)N(Cc2ccc(N(C)C)cc2)C[C@H]2CCCO2)cc1C. The Bertz CT molecular complexity index is 811. The molecule has 1 saturated heterocycles. The van der Waals surface area contributed by atoms with Gasteiger partial charge in [-0.25, -0.2) is 0 Å². The van der Waals surface area contributed by atoms with Gasteiger partial charge in [-0.2, -0.15) is 0 Å². The molecule has 0 unspecified atom stereocenters. The van der Waals surface area contributed by atoms with E-state index >= 15 is 0 Å². The van der Waals surface area contributed by atoms with Crippen molar-refractivity contribution < 1.29 is 14.3 Å². The third-order valence-corrected chi connectivity index (χ3v) is 5.47. The van der Waals surface area contributed by atoms with E-state index in [0.717, 1.165) is 42.0 Å². The molecular weight excluding hydrogens is 364 g/mol. The highest BCUT2D eigenvalue weighted by molar-refractivity contribution is 5.78. The number of hydrogen-bond donors (Lipinski definition) is 0. The molecule has 0 bridgehead atoms. The van der Waals surface area contributed by atoms with Crippen molar-refractivity contribution in [2.24, 2.45) is 0 Å². The first-order valence-corrected chi connectivity index (χ1v) is 10.3. The number of benzene rings is 2. The molecule has 0 N–H and O–H groups in total. The van der Waals surface area contributed by atoms with Crippen LogP contribution in [0.5, 0.6) is 5.75 Å². The fourth-order valence-electron chi connectivity index (χ4n) is 3.45. The van der Waals surface area contributed by atoms with Gasteiger partial charge < -0.3 is 19.3 Å². The van der Waals surface area contributed by atoms with Crippen molar-refractivity contribution in [2.45, 2.75) is 39.3 Å². The summed E-state index contributed by atoms with van der Waals surface area (Å²) in [6.07, 6.45) is 2.17. The van der Waals surface area contributed by atoms with Gasteiger partial charge in [-0.05, 0) is 67.6 Å². The first-order valence-electron chi connectivity index (χ1n) is 10.3. The minimum absolute atomic E-state index is 0.0181. The van der Waals surface area contributed by atoms with E-state index in [9.17, 15) is 4.79 Å². The average molecular weight is 397 g/mol. The van der Waals surface area contributed by atoms with E-state index in [2.05, 4.69) is 36.1 Å². The normalized spacial score (nSPS) is 15.9. The molecule has 0 aliphatic carbocycles. The number of hydrogen-bond acceptors (Lipinski definition) is 4. The Morgan fingerprint density at radius 3 is 2.48 bits per heavy atom. The Morgan fingerprint density at radius 1 is 1.10 bits per heavy atom. The lowest BCUT2D eigenvalue weighted by Crippen LogP contribution is -2.39. The van der Waals surface area contributed by atoms with Crippen molar-refractivity contribution in [3.63, 3.8) is 0 Å². The van der Waals surface area contributed by atoms with Crippen LogP contribution in [0.3, 0.4) is 0 Å². The zero-order valence-electron chi connectivity index (χ0n) is 18.0. The Hall–Kier alpha value is -2.53. The molecule has 1 aliphatic rings. The summed E-state index contributed by atoms with van der Waals surface area (Å²) in [6, 6.07) is 14.2. The highest BCUT2D eigenvalue weighted by atomic mass is 16.5. The Labute approximate surface area is 174 Å². The smallest absolute Gasteiger partial charge is 0.260 e. The molecule has 29 heavy (non-hydrogen) atoms. The summed E-state index contributed by atoms with van der Waals surface area (Å²) in [7, 11) is 4.04. The second kappa shape index (κ2) is 9.79. The molecule has 1 atom stereocenters. The lowest BCUT2D eigenvalue weighted by Gasteiger charge is -2.26. The van der Waals surface area contributed by atoms with Crippen LogP contribution < -0.4 is 9.64 Å². The summed E-state index contributed by atoms with van der Waals surface area (Å²) in [6.45, 7) is 6.09. The summed E-state index contributed by atoms with van der Waals surface area (Å²) < 4.78 is 11.6. The summed E-state index contributed by atoms with van der Waals surface area (Å²) in [5.74, 6) is 0.712. The maximum atomic E-state index is 13.0. The highest BCUT2D eigenvalue weighted by Gasteiger charge is 2.23. The van der Waals surface area contributed by atoms with Crippen molar-refractivity contribution in [1.82, 2.24) is 4.90 Å². The van der Waals surface area contributed by atoms with Crippen LogP contribution in [0.1, 0.15) is 29.5 Å². The largest absolute Gasteiger partial charge is 0.484 e. The molecular formula is C24H32N2O3. The van der Waals surface area contributed by atoms with Gasteiger partial charge in [0.25, 0.3) is 5.91 Å². The number of nitrogens with zero attached hydrogens (tertiary/aromatic N) is 2.